The van der Waals surface area contributed by atoms with E-state index >= 15 is 0 Å². The maximum Gasteiger partial charge on any atom is 0.269 e. The smallest absolute Gasteiger partial charge is 0.269 e. The summed E-state index contributed by atoms with van der Waals surface area (Å²) in [7, 11) is 0. The van der Waals surface area contributed by atoms with Gasteiger partial charge in [-0.25, -0.2) is 4.98 Å². The Morgan fingerprint density at radius 1 is 1.50 bits per heavy atom. The van der Waals surface area contributed by atoms with Gasteiger partial charge in [-0.1, -0.05) is 12.1 Å². The molecule has 0 aliphatic heterocycles. The van der Waals surface area contributed by atoms with E-state index < -0.39 is 5.56 Å². The Morgan fingerprint density at radius 3 is 3.00 bits per heavy atom. The van der Waals surface area contributed by atoms with Gasteiger partial charge < -0.3 is 9.72 Å². The lowest BCUT2D eigenvalue weighted by atomic mass is 10.2. The van der Waals surface area contributed by atoms with Crippen molar-refractivity contribution in [2.45, 2.75) is 6.92 Å². The minimum atomic E-state index is -0.440. The molecule has 2 aromatic rings. The van der Waals surface area contributed by atoms with Crippen LogP contribution < -0.4 is 10.3 Å². The molecule has 90 valence electrons. The molecule has 0 spiro atoms. The third kappa shape index (κ3) is 2.38. The molecule has 5 nitrogen and oxygen atoms in total. The maximum atomic E-state index is 11.5. The standard InChI is InChI=1S/C13H11N3O2/c1-2-18-11-5-3-4-9(6-11)12-15-8-10(7-14)13(17)16-12/h3-6,8H,2H2,1H3,(H,15,16,17). The fourth-order valence-corrected chi connectivity index (χ4v) is 1.52. The summed E-state index contributed by atoms with van der Waals surface area (Å²) in [6.07, 6.45) is 1.27. The number of ether oxygens (including phenoxy) is 1. The van der Waals surface area contributed by atoms with E-state index in [4.69, 9.17) is 10.00 Å². The number of nitriles is 1. The van der Waals surface area contributed by atoms with E-state index in [1.54, 1.807) is 12.1 Å². The second-order valence-electron chi connectivity index (χ2n) is 3.55. The topological polar surface area (TPSA) is 78.8 Å². The zero-order valence-corrected chi connectivity index (χ0v) is 9.80. The molecule has 18 heavy (non-hydrogen) atoms. The van der Waals surface area contributed by atoms with Gasteiger partial charge in [-0.15, -0.1) is 0 Å². The first-order chi connectivity index (χ1) is 8.74. The molecule has 0 amide bonds. The molecule has 0 fully saturated rings. The van der Waals surface area contributed by atoms with Crippen molar-refractivity contribution < 1.29 is 4.74 Å². The van der Waals surface area contributed by atoms with Gasteiger partial charge >= 0.3 is 0 Å². The van der Waals surface area contributed by atoms with Crippen LogP contribution in [-0.2, 0) is 0 Å². The Labute approximate surface area is 104 Å². The highest BCUT2D eigenvalue weighted by molar-refractivity contribution is 5.57. The van der Waals surface area contributed by atoms with E-state index in [0.717, 1.165) is 5.56 Å². The summed E-state index contributed by atoms with van der Waals surface area (Å²) >= 11 is 0. The molecular formula is C13H11N3O2. The molecule has 0 atom stereocenters. The Balaban J connectivity index is 2.43. The molecule has 0 radical (unpaired) electrons. The van der Waals surface area contributed by atoms with Crippen LogP contribution in [-0.4, -0.2) is 16.6 Å². The lowest BCUT2D eigenvalue weighted by molar-refractivity contribution is 0.340. The first-order valence-electron chi connectivity index (χ1n) is 5.47. The van der Waals surface area contributed by atoms with E-state index in [-0.39, 0.29) is 5.56 Å². The zero-order valence-electron chi connectivity index (χ0n) is 9.80. The van der Waals surface area contributed by atoms with E-state index in [1.807, 2.05) is 25.1 Å². The molecular weight excluding hydrogens is 230 g/mol. The van der Waals surface area contributed by atoms with Crippen LogP contribution in [0, 0.1) is 11.3 Å². The third-order valence-corrected chi connectivity index (χ3v) is 2.34. The van der Waals surface area contributed by atoms with Crippen molar-refractivity contribution in [3.8, 4) is 23.2 Å². The number of aromatic amines is 1. The maximum absolute atomic E-state index is 11.5. The van der Waals surface area contributed by atoms with Gasteiger partial charge in [0.2, 0.25) is 0 Å². The van der Waals surface area contributed by atoms with Crippen molar-refractivity contribution >= 4 is 0 Å². The second-order valence-corrected chi connectivity index (χ2v) is 3.55. The summed E-state index contributed by atoms with van der Waals surface area (Å²) < 4.78 is 5.37. The monoisotopic (exact) mass is 241 g/mol. The van der Waals surface area contributed by atoms with Gasteiger partial charge in [0.1, 0.15) is 23.2 Å². The predicted octanol–water partition coefficient (Wildman–Crippen LogP) is 1.71. The number of nitrogens with one attached hydrogen (secondary N) is 1. The average molecular weight is 241 g/mol. The van der Waals surface area contributed by atoms with Crippen molar-refractivity contribution in [2.24, 2.45) is 0 Å². The molecule has 5 heteroatoms. The summed E-state index contributed by atoms with van der Waals surface area (Å²) in [5.41, 5.74) is 0.298. The van der Waals surface area contributed by atoms with Crippen molar-refractivity contribution in [3.63, 3.8) is 0 Å². The Bertz CT molecular complexity index is 656. The first kappa shape index (κ1) is 11.9. The number of H-pyrrole nitrogens is 1. The van der Waals surface area contributed by atoms with Crippen LogP contribution in [0.4, 0.5) is 0 Å². The van der Waals surface area contributed by atoms with Gasteiger partial charge in [0.25, 0.3) is 5.56 Å². The van der Waals surface area contributed by atoms with Gasteiger partial charge in [0.15, 0.2) is 0 Å². The number of hydrogen-bond acceptors (Lipinski definition) is 4. The van der Waals surface area contributed by atoms with E-state index in [1.165, 1.54) is 6.20 Å². The minimum absolute atomic E-state index is 0.000266. The number of rotatable bonds is 3. The quantitative estimate of drug-likeness (QED) is 0.887. The summed E-state index contributed by atoms with van der Waals surface area (Å²) in [5, 5.41) is 8.66. The van der Waals surface area contributed by atoms with Gasteiger partial charge in [-0.2, -0.15) is 5.26 Å². The molecule has 0 bridgehead atoms. The fourth-order valence-electron chi connectivity index (χ4n) is 1.52. The minimum Gasteiger partial charge on any atom is -0.494 e. The third-order valence-electron chi connectivity index (χ3n) is 2.34. The van der Waals surface area contributed by atoms with Crippen LogP contribution in [0.25, 0.3) is 11.4 Å². The van der Waals surface area contributed by atoms with Gasteiger partial charge in [-0.05, 0) is 19.1 Å². The average Bonchev–Trinajstić information content (AvgIpc) is 2.39. The van der Waals surface area contributed by atoms with Crippen molar-refractivity contribution in [1.29, 1.82) is 5.26 Å². The number of aromatic nitrogens is 2. The molecule has 0 saturated heterocycles. The molecule has 0 unspecified atom stereocenters. The highest BCUT2D eigenvalue weighted by atomic mass is 16.5. The molecule has 2 rings (SSSR count). The lowest BCUT2D eigenvalue weighted by Gasteiger charge is -2.05. The Morgan fingerprint density at radius 2 is 2.33 bits per heavy atom. The van der Waals surface area contributed by atoms with Gasteiger partial charge in [0, 0.05) is 5.56 Å². The first-order valence-corrected chi connectivity index (χ1v) is 5.47. The van der Waals surface area contributed by atoms with Crippen LogP contribution in [0.3, 0.4) is 0 Å². The fraction of sp³-hybridized carbons (Fsp3) is 0.154. The lowest BCUT2D eigenvalue weighted by Crippen LogP contribution is -2.12. The molecule has 0 aliphatic carbocycles. The molecule has 1 heterocycles. The van der Waals surface area contributed by atoms with Crippen molar-refractivity contribution in [2.75, 3.05) is 6.61 Å². The molecule has 0 saturated carbocycles. The highest BCUT2D eigenvalue weighted by Gasteiger charge is 2.05. The molecule has 1 aromatic heterocycles. The normalized spacial score (nSPS) is 9.78. The van der Waals surface area contributed by atoms with E-state index in [2.05, 4.69) is 9.97 Å². The van der Waals surface area contributed by atoms with Gasteiger partial charge in [-0.3, -0.25) is 4.79 Å². The zero-order chi connectivity index (χ0) is 13.0. The van der Waals surface area contributed by atoms with Crippen molar-refractivity contribution in [3.05, 3.63) is 46.4 Å². The van der Waals surface area contributed by atoms with Gasteiger partial charge in [0.05, 0.1) is 12.8 Å². The predicted molar refractivity (Wildman–Crippen MR) is 66.2 cm³/mol. The Hall–Kier alpha value is -2.61. The van der Waals surface area contributed by atoms with Crippen LogP contribution in [0.1, 0.15) is 12.5 Å². The van der Waals surface area contributed by atoms with Crippen LogP contribution in [0.5, 0.6) is 5.75 Å². The molecule has 1 N–H and O–H groups in total. The Kier molecular flexibility index (Phi) is 3.39. The van der Waals surface area contributed by atoms with Crippen molar-refractivity contribution in [1.82, 2.24) is 9.97 Å². The summed E-state index contributed by atoms with van der Waals surface area (Å²) in [6.45, 7) is 2.47. The highest BCUT2D eigenvalue weighted by Crippen LogP contribution is 2.19. The number of hydrogen-bond donors (Lipinski definition) is 1. The largest absolute Gasteiger partial charge is 0.494 e. The van der Waals surface area contributed by atoms with Crippen LogP contribution in [0.15, 0.2) is 35.3 Å². The molecule has 0 aliphatic rings. The van der Waals surface area contributed by atoms with E-state index in [9.17, 15) is 4.79 Å². The number of benzene rings is 1. The second kappa shape index (κ2) is 5.15. The molecule has 1 aromatic carbocycles. The van der Waals surface area contributed by atoms with Crippen LogP contribution >= 0.6 is 0 Å². The summed E-state index contributed by atoms with van der Waals surface area (Å²) in [5.74, 6) is 1.13. The van der Waals surface area contributed by atoms with Crippen LogP contribution in [0.2, 0.25) is 0 Å². The number of nitrogens with zero attached hydrogens (tertiary/aromatic N) is 2. The van der Waals surface area contributed by atoms with E-state index in [0.29, 0.717) is 18.2 Å². The summed E-state index contributed by atoms with van der Waals surface area (Å²) in [4.78, 5) is 18.1. The SMILES string of the molecule is CCOc1cccc(-c2ncc(C#N)c(=O)[nH]2)c1. The summed E-state index contributed by atoms with van der Waals surface area (Å²) in [6, 6.07) is 9.02.